The third kappa shape index (κ3) is 2.84. The standard InChI is InChI=1S/C14H22N4O2/c1-5-20-12(19)14(2)7-9-18(10-14)13-15-8-6-11(16-13)17(3)4/h6,8H,5,7,9-10H2,1-4H3. The normalized spacial score (nSPS) is 21.9. The maximum Gasteiger partial charge on any atom is 0.313 e. The highest BCUT2D eigenvalue weighted by Crippen LogP contribution is 2.33. The van der Waals surface area contributed by atoms with E-state index in [0.717, 1.165) is 18.8 Å². The monoisotopic (exact) mass is 278 g/mol. The van der Waals surface area contributed by atoms with Crippen LogP contribution >= 0.6 is 0 Å². The second kappa shape index (κ2) is 5.64. The Balaban J connectivity index is 2.13. The van der Waals surface area contributed by atoms with Gasteiger partial charge in [-0.1, -0.05) is 0 Å². The lowest BCUT2D eigenvalue weighted by Crippen LogP contribution is -2.34. The number of aromatic nitrogens is 2. The van der Waals surface area contributed by atoms with Crippen LogP contribution in [0.15, 0.2) is 12.3 Å². The van der Waals surface area contributed by atoms with Gasteiger partial charge in [-0.25, -0.2) is 4.98 Å². The smallest absolute Gasteiger partial charge is 0.313 e. The van der Waals surface area contributed by atoms with Crippen molar-refractivity contribution >= 4 is 17.7 Å². The molecule has 0 aromatic carbocycles. The number of hydrogen-bond acceptors (Lipinski definition) is 6. The number of ether oxygens (including phenoxy) is 1. The van der Waals surface area contributed by atoms with Crippen LogP contribution in [0.2, 0.25) is 0 Å². The van der Waals surface area contributed by atoms with Gasteiger partial charge in [-0.15, -0.1) is 0 Å². The van der Waals surface area contributed by atoms with Crippen molar-refractivity contribution in [1.29, 1.82) is 0 Å². The average molecular weight is 278 g/mol. The molecule has 0 bridgehead atoms. The quantitative estimate of drug-likeness (QED) is 0.774. The molecular formula is C14H22N4O2. The summed E-state index contributed by atoms with van der Waals surface area (Å²) in [5.74, 6) is 1.40. The zero-order valence-corrected chi connectivity index (χ0v) is 12.6. The maximum atomic E-state index is 12.0. The fourth-order valence-electron chi connectivity index (χ4n) is 2.34. The minimum absolute atomic E-state index is 0.133. The molecule has 0 amide bonds. The topological polar surface area (TPSA) is 58.6 Å². The van der Waals surface area contributed by atoms with E-state index in [4.69, 9.17) is 4.74 Å². The lowest BCUT2D eigenvalue weighted by atomic mass is 9.90. The average Bonchev–Trinajstić information content (AvgIpc) is 2.83. The first-order valence-electron chi connectivity index (χ1n) is 6.89. The fraction of sp³-hybridized carbons (Fsp3) is 0.643. The van der Waals surface area contributed by atoms with Gasteiger partial charge in [-0.05, 0) is 26.3 Å². The lowest BCUT2D eigenvalue weighted by Gasteiger charge is -2.23. The minimum Gasteiger partial charge on any atom is -0.466 e. The Kier molecular flexibility index (Phi) is 4.11. The second-order valence-electron chi connectivity index (χ2n) is 5.56. The second-order valence-corrected chi connectivity index (χ2v) is 5.56. The van der Waals surface area contributed by atoms with Gasteiger partial charge >= 0.3 is 5.97 Å². The van der Waals surface area contributed by atoms with Crippen molar-refractivity contribution in [2.75, 3.05) is 43.6 Å². The van der Waals surface area contributed by atoms with Crippen LogP contribution in [0.25, 0.3) is 0 Å². The largest absolute Gasteiger partial charge is 0.466 e. The summed E-state index contributed by atoms with van der Waals surface area (Å²) in [6.45, 7) is 5.56. The third-order valence-electron chi connectivity index (χ3n) is 3.61. The first-order chi connectivity index (χ1) is 9.46. The Morgan fingerprint density at radius 2 is 2.30 bits per heavy atom. The van der Waals surface area contributed by atoms with E-state index < -0.39 is 5.41 Å². The van der Waals surface area contributed by atoms with Gasteiger partial charge in [0.1, 0.15) is 5.82 Å². The van der Waals surface area contributed by atoms with E-state index in [1.54, 1.807) is 6.20 Å². The molecule has 1 atom stereocenters. The molecular weight excluding hydrogens is 256 g/mol. The Morgan fingerprint density at radius 1 is 1.55 bits per heavy atom. The van der Waals surface area contributed by atoms with Crippen molar-refractivity contribution in [2.24, 2.45) is 5.41 Å². The first kappa shape index (κ1) is 14.6. The van der Waals surface area contributed by atoms with Crippen molar-refractivity contribution in [1.82, 2.24) is 9.97 Å². The Morgan fingerprint density at radius 3 is 2.95 bits per heavy atom. The summed E-state index contributed by atoms with van der Waals surface area (Å²) in [6, 6.07) is 1.87. The predicted molar refractivity (Wildman–Crippen MR) is 77.9 cm³/mol. The summed E-state index contributed by atoms with van der Waals surface area (Å²) in [7, 11) is 3.89. The molecule has 1 saturated heterocycles. The molecule has 0 radical (unpaired) electrons. The Labute approximate surface area is 119 Å². The summed E-state index contributed by atoms with van der Waals surface area (Å²) < 4.78 is 5.16. The van der Waals surface area contributed by atoms with Crippen LogP contribution in [-0.4, -0.2) is 49.7 Å². The highest BCUT2D eigenvalue weighted by Gasteiger charge is 2.42. The van der Waals surface area contributed by atoms with E-state index in [9.17, 15) is 4.79 Å². The molecule has 2 heterocycles. The van der Waals surface area contributed by atoms with E-state index in [2.05, 4.69) is 9.97 Å². The number of esters is 1. The first-order valence-corrected chi connectivity index (χ1v) is 6.89. The van der Waals surface area contributed by atoms with Crippen molar-refractivity contribution in [3.8, 4) is 0 Å². The SMILES string of the molecule is CCOC(=O)C1(C)CCN(c2nccc(N(C)C)n2)C1. The van der Waals surface area contributed by atoms with Gasteiger partial charge in [-0.2, -0.15) is 4.98 Å². The van der Waals surface area contributed by atoms with Gasteiger partial charge in [-0.3, -0.25) is 4.79 Å². The highest BCUT2D eigenvalue weighted by molar-refractivity contribution is 5.78. The van der Waals surface area contributed by atoms with Crippen molar-refractivity contribution in [2.45, 2.75) is 20.3 Å². The molecule has 20 heavy (non-hydrogen) atoms. The Hall–Kier alpha value is -1.85. The summed E-state index contributed by atoms with van der Waals surface area (Å²) in [5, 5.41) is 0. The number of nitrogens with zero attached hydrogens (tertiary/aromatic N) is 4. The summed E-state index contributed by atoms with van der Waals surface area (Å²) in [6.07, 6.45) is 2.51. The molecule has 1 aliphatic rings. The van der Waals surface area contributed by atoms with Crippen LogP contribution in [-0.2, 0) is 9.53 Å². The van der Waals surface area contributed by atoms with E-state index in [1.165, 1.54) is 0 Å². The molecule has 1 aromatic heterocycles. The maximum absolute atomic E-state index is 12.0. The van der Waals surface area contributed by atoms with Gasteiger partial charge in [0.2, 0.25) is 5.95 Å². The number of rotatable bonds is 4. The molecule has 1 aliphatic heterocycles. The Bertz CT molecular complexity index is 492. The van der Waals surface area contributed by atoms with Crippen LogP contribution in [0.5, 0.6) is 0 Å². The molecule has 1 fully saturated rings. The predicted octanol–water partition coefficient (Wildman–Crippen LogP) is 1.32. The molecule has 1 aromatic rings. The highest BCUT2D eigenvalue weighted by atomic mass is 16.5. The number of carbonyl (C=O) groups is 1. The van der Waals surface area contributed by atoms with Crippen LogP contribution in [0, 0.1) is 5.41 Å². The molecule has 1 unspecified atom stereocenters. The molecule has 0 spiro atoms. The van der Waals surface area contributed by atoms with Crippen LogP contribution < -0.4 is 9.80 Å². The zero-order valence-electron chi connectivity index (χ0n) is 12.6. The number of carbonyl (C=O) groups excluding carboxylic acids is 1. The molecule has 2 rings (SSSR count). The zero-order chi connectivity index (χ0) is 14.8. The van der Waals surface area contributed by atoms with Gasteiger partial charge in [0, 0.05) is 33.4 Å². The minimum atomic E-state index is -0.465. The van der Waals surface area contributed by atoms with Crippen LogP contribution in [0.4, 0.5) is 11.8 Å². The molecule has 0 saturated carbocycles. The molecule has 6 heteroatoms. The van der Waals surface area contributed by atoms with Gasteiger partial charge in [0.15, 0.2) is 0 Å². The summed E-state index contributed by atoms with van der Waals surface area (Å²) in [4.78, 5) is 24.8. The number of anilines is 2. The van der Waals surface area contributed by atoms with Crippen molar-refractivity contribution in [3.05, 3.63) is 12.3 Å². The van der Waals surface area contributed by atoms with Crippen molar-refractivity contribution in [3.63, 3.8) is 0 Å². The van der Waals surface area contributed by atoms with E-state index in [-0.39, 0.29) is 5.97 Å². The van der Waals surface area contributed by atoms with E-state index >= 15 is 0 Å². The molecule has 110 valence electrons. The fourth-order valence-corrected chi connectivity index (χ4v) is 2.34. The number of hydrogen-bond donors (Lipinski definition) is 0. The van der Waals surface area contributed by atoms with Crippen LogP contribution in [0.1, 0.15) is 20.3 Å². The molecule has 0 N–H and O–H groups in total. The lowest BCUT2D eigenvalue weighted by molar-refractivity contribution is -0.153. The van der Waals surface area contributed by atoms with Crippen LogP contribution in [0.3, 0.4) is 0 Å². The van der Waals surface area contributed by atoms with E-state index in [0.29, 0.717) is 19.1 Å². The van der Waals surface area contributed by atoms with Gasteiger partial charge in [0.25, 0.3) is 0 Å². The molecule has 6 nitrogen and oxygen atoms in total. The van der Waals surface area contributed by atoms with Crippen molar-refractivity contribution < 1.29 is 9.53 Å². The molecule has 0 aliphatic carbocycles. The van der Waals surface area contributed by atoms with E-state index in [1.807, 2.05) is 43.8 Å². The van der Waals surface area contributed by atoms with Gasteiger partial charge in [0.05, 0.1) is 12.0 Å². The summed E-state index contributed by atoms with van der Waals surface area (Å²) >= 11 is 0. The third-order valence-corrected chi connectivity index (χ3v) is 3.61. The van der Waals surface area contributed by atoms with Gasteiger partial charge < -0.3 is 14.5 Å². The summed E-state index contributed by atoms with van der Waals surface area (Å²) in [5.41, 5.74) is -0.465.